The van der Waals surface area contributed by atoms with Gasteiger partial charge < -0.3 is 9.47 Å². The fourth-order valence-electron chi connectivity index (χ4n) is 7.14. The molecule has 9 aromatic rings. The Morgan fingerprint density at radius 3 is 1.58 bits per heavy atom. The van der Waals surface area contributed by atoms with Crippen LogP contribution in [0.15, 0.2) is 170 Å². The Labute approximate surface area is 291 Å². The molecule has 2 aromatic heterocycles. The first kappa shape index (κ1) is 29.6. The molecule has 2 heterocycles. The molecule has 0 aliphatic carbocycles. The van der Waals surface area contributed by atoms with Crippen molar-refractivity contribution in [1.29, 1.82) is 0 Å². The number of hydrogen-bond acceptors (Lipinski definition) is 3. The van der Waals surface area contributed by atoms with Gasteiger partial charge >= 0.3 is 0 Å². The summed E-state index contributed by atoms with van der Waals surface area (Å²) in [5.41, 5.74) is 14.7. The lowest BCUT2D eigenvalue weighted by Crippen LogP contribution is -2.09. The fraction of sp³-hybridized carbons (Fsp3) is 0.0435. The zero-order chi connectivity index (χ0) is 33.6. The van der Waals surface area contributed by atoms with E-state index in [1.807, 2.05) is 6.07 Å². The van der Waals surface area contributed by atoms with E-state index in [0.717, 1.165) is 67.4 Å². The average molecular weight is 643 g/mol. The Balaban J connectivity index is 1.20. The highest BCUT2D eigenvalue weighted by Crippen LogP contribution is 2.41. The zero-order valence-corrected chi connectivity index (χ0v) is 28.0. The molecule has 0 bridgehead atoms. The molecular weight excluding hydrogens is 609 g/mol. The first-order chi connectivity index (χ1) is 24.6. The number of para-hydroxylation sites is 3. The topological polar surface area (TPSA) is 34.0 Å². The summed E-state index contributed by atoms with van der Waals surface area (Å²) in [6.07, 6.45) is 0. The van der Waals surface area contributed by atoms with E-state index in [1.54, 1.807) is 0 Å². The van der Waals surface area contributed by atoms with Crippen LogP contribution in [0, 0.1) is 13.8 Å². The number of fused-ring (bicyclic) bond motifs is 4. The molecule has 0 radical (unpaired) electrons. The molecule has 238 valence electrons. The summed E-state index contributed by atoms with van der Waals surface area (Å²) in [4.78, 5) is 12.9. The van der Waals surface area contributed by atoms with Crippen LogP contribution in [0.2, 0.25) is 0 Å². The van der Waals surface area contributed by atoms with Crippen molar-refractivity contribution in [1.82, 2.24) is 14.5 Å². The predicted molar refractivity (Wildman–Crippen MR) is 209 cm³/mol. The number of nitrogens with zero attached hydrogens (tertiary/aromatic N) is 4. The van der Waals surface area contributed by atoms with Gasteiger partial charge in [-0.05, 0) is 85.6 Å². The Morgan fingerprint density at radius 1 is 0.420 bits per heavy atom. The number of aryl methyl sites for hydroxylation is 2. The van der Waals surface area contributed by atoms with E-state index in [4.69, 9.17) is 9.97 Å². The first-order valence-corrected chi connectivity index (χ1v) is 17.0. The van der Waals surface area contributed by atoms with Crippen molar-refractivity contribution in [3.63, 3.8) is 0 Å². The van der Waals surface area contributed by atoms with Crippen LogP contribution in [0.4, 0.5) is 17.1 Å². The standard InChI is InChI=1S/C46H34N4/c1-31-22-23-32(2)44-43(31)47-45(33-14-6-3-7-15-33)46(48-44)34-24-26-37(27-25-34)49(35-16-8-4-9-17-35)38-28-29-42-40(30-38)39-20-12-13-21-41(39)50(42)36-18-10-5-11-19-36/h3-30H,1-2H3. The van der Waals surface area contributed by atoms with Crippen molar-refractivity contribution in [2.24, 2.45) is 0 Å². The Hall–Kier alpha value is -6.52. The second-order valence-electron chi connectivity index (χ2n) is 12.8. The van der Waals surface area contributed by atoms with Gasteiger partial charge in [-0.3, -0.25) is 0 Å². The van der Waals surface area contributed by atoms with Gasteiger partial charge in [-0.1, -0.05) is 109 Å². The molecule has 50 heavy (non-hydrogen) atoms. The predicted octanol–water partition coefficient (Wildman–Crippen LogP) is 12.1. The van der Waals surface area contributed by atoms with Crippen molar-refractivity contribution < 1.29 is 0 Å². The van der Waals surface area contributed by atoms with Crippen LogP contribution in [0.5, 0.6) is 0 Å². The van der Waals surface area contributed by atoms with Crippen molar-refractivity contribution in [2.75, 3.05) is 4.90 Å². The van der Waals surface area contributed by atoms with Gasteiger partial charge in [0.05, 0.1) is 33.5 Å². The largest absolute Gasteiger partial charge is 0.310 e. The van der Waals surface area contributed by atoms with Crippen molar-refractivity contribution >= 4 is 49.9 Å². The molecule has 0 fully saturated rings. The van der Waals surface area contributed by atoms with Gasteiger partial charge in [0.1, 0.15) is 0 Å². The lowest BCUT2D eigenvalue weighted by molar-refractivity contribution is 1.18. The number of anilines is 3. The SMILES string of the molecule is Cc1ccc(C)c2nc(-c3ccc(N(c4ccccc4)c4ccc5c(c4)c4ccccc4n5-c4ccccc4)cc3)c(-c3ccccc3)nc12. The molecule has 9 rings (SSSR count). The summed E-state index contributed by atoms with van der Waals surface area (Å²) in [6, 6.07) is 60.1. The highest BCUT2D eigenvalue weighted by atomic mass is 15.1. The molecule has 7 aromatic carbocycles. The number of rotatable bonds is 6. The minimum absolute atomic E-state index is 0.880. The minimum Gasteiger partial charge on any atom is -0.310 e. The maximum atomic E-state index is 5.28. The Bertz CT molecular complexity index is 2640. The van der Waals surface area contributed by atoms with Crippen LogP contribution in [-0.2, 0) is 0 Å². The second-order valence-corrected chi connectivity index (χ2v) is 12.8. The van der Waals surface area contributed by atoms with Crippen LogP contribution >= 0.6 is 0 Å². The first-order valence-electron chi connectivity index (χ1n) is 17.0. The summed E-state index contributed by atoms with van der Waals surface area (Å²) < 4.78 is 2.36. The molecule has 4 nitrogen and oxygen atoms in total. The molecule has 0 unspecified atom stereocenters. The minimum atomic E-state index is 0.880. The summed E-state index contributed by atoms with van der Waals surface area (Å²) in [6.45, 7) is 4.21. The summed E-state index contributed by atoms with van der Waals surface area (Å²) in [5.74, 6) is 0. The highest BCUT2D eigenvalue weighted by molar-refractivity contribution is 6.10. The maximum absolute atomic E-state index is 5.28. The average Bonchev–Trinajstić information content (AvgIpc) is 3.51. The molecule has 0 aliphatic heterocycles. The molecular formula is C46H34N4. The third kappa shape index (κ3) is 5.01. The van der Waals surface area contributed by atoms with Crippen LogP contribution in [0.3, 0.4) is 0 Å². The van der Waals surface area contributed by atoms with Crippen molar-refractivity contribution in [2.45, 2.75) is 13.8 Å². The van der Waals surface area contributed by atoms with Crippen LogP contribution in [0.25, 0.3) is 61.0 Å². The third-order valence-corrected chi connectivity index (χ3v) is 9.62. The molecule has 4 heteroatoms. The summed E-state index contributed by atoms with van der Waals surface area (Å²) in [7, 11) is 0. The quantitative estimate of drug-likeness (QED) is 0.181. The maximum Gasteiger partial charge on any atom is 0.0973 e. The van der Waals surface area contributed by atoms with E-state index >= 15 is 0 Å². The zero-order valence-electron chi connectivity index (χ0n) is 28.0. The molecule has 0 amide bonds. The normalized spacial score (nSPS) is 11.4. The van der Waals surface area contributed by atoms with Gasteiger partial charge in [0.2, 0.25) is 0 Å². The Morgan fingerprint density at radius 2 is 0.920 bits per heavy atom. The van der Waals surface area contributed by atoms with E-state index in [2.05, 4.69) is 187 Å². The van der Waals surface area contributed by atoms with Gasteiger partial charge in [0, 0.05) is 44.6 Å². The van der Waals surface area contributed by atoms with E-state index in [0.29, 0.717) is 0 Å². The summed E-state index contributed by atoms with van der Waals surface area (Å²) >= 11 is 0. The number of aromatic nitrogens is 3. The van der Waals surface area contributed by atoms with Gasteiger partial charge in [-0.25, -0.2) is 9.97 Å². The van der Waals surface area contributed by atoms with Crippen molar-refractivity contribution in [3.05, 3.63) is 181 Å². The molecule has 0 spiro atoms. The lowest BCUT2D eigenvalue weighted by Gasteiger charge is -2.26. The van der Waals surface area contributed by atoms with Crippen molar-refractivity contribution in [3.8, 4) is 28.2 Å². The van der Waals surface area contributed by atoms with Crippen LogP contribution in [0.1, 0.15) is 11.1 Å². The van der Waals surface area contributed by atoms with Gasteiger partial charge in [0.25, 0.3) is 0 Å². The molecule has 0 aliphatic rings. The monoisotopic (exact) mass is 642 g/mol. The fourth-order valence-corrected chi connectivity index (χ4v) is 7.14. The second kappa shape index (κ2) is 12.2. The van der Waals surface area contributed by atoms with Gasteiger partial charge in [0.15, 0.2) is 0 Å². The van der Waals surface area contributed by atoms with Gasteiger partial charge in [-0.15, -0.1) is 0 Å². The van der Waals surface area contributed by atoms with E-state index in [9.17, 15) is 0 Å². The lowest BCUT2D eigenvalue weighted by atomic mass is 10.0. The van der Waals surface area contributed by atoms with Crippen LogP contribution in [-0.4, -0.2) is 14.5 Å². The Kier molecular flexibility index (Phi) is 7.21. The molecule has 0 N–H and O–H groups in total. The van der Waals surface area contributed by atoms with Gasteiger partial charge in [-0.2, -0.15) is 0 Å². The number of hydrogen-bond donors (Lipinski definition) is 0. The summed E-state index contributed by atoms with van der Waals surface area (Å²) in [5, 5.41) is 2.44. The van der Waals surface area contributed by atoms with E-state index < -0.39 is 0 Å². The molecule has 0 saturated carbocycles. The molecule has 0 saturated heterocycles. The van der Waals surface area contributed by atoms with E-state index in [-0.39, 0.29) is 0 Å². The smallest absolute Gasteiger partial charge is 0.0973 e. The molecule has 0 atom stereocenters. The third-order valence-electron chi connectivity index (χ3n) is 9.62. The van der Waals surface area contributed by atoms with E-state index in [1.165, 1.54) is 21.8 Å². The number of benzene rings is 7. The highest BCUT2D eigenvalue weighted by Gasteiger charge is 2.19. The van der Waals surface area contributed by atoms with Crippen LogP contribution < -0.4 is 4.90 Å².